The van der Waals surface area contributed by atoms with Crippen molar-refractivity contribution in [3.8, 4) is 0 Å². The maximum atomic E-state index is 12.9. The van der Waals surface area contributed by atoms with Gasteiger partial charge in [0.2, 0.25) is 5.89 Å². The van der Waals surface area contributed by atoms with Crippen LogP contribution < -0.4 is 0 Å². The summed E-state index contributed by atoms with van der Waals surface area (Å²) < 4.78 is 18.2. The predicted octanol–water partition coefficient (Wildman–Crippen LogP) is 3.63. The summed E-state index contributed by atoms with van der Waals surface area (Å²) in [5.74, 6) is 0.749. The predicted molar refractivity (Wildman–Crippen MR) is 85.2 cm³/mol. The van der Waals surface area contributed by atoms with Gasteiger partial charge in [-0.3, -0.25) is 0 Å². The molecular weight excluding hydrogens is 295 g/mol. The molecule has 1 aromatic heterocycles. The molecule has 2 aromatic rings. The van der Waals surface area contributed by atoms with Crippen LogP contribution >= 0.6 is 0 Å². The average Bonchev–Trinajstić information content (AvgIpc) is 3.10. The monoisotopic (exact) mass is 316 g/mol. The van der Waals surface area contributed by atoms with E-state index in [9.17, 15) is 9.50 Å². The number of halogens is 1. The molecule has 0 radical (unpaired) electrons. The minimum atomic E-state index is -0.538. The molecule has 122 valence electrons. The number of rotatable bonds is 6. The number of hydrogen-bond acceptors (Lipinski definition) is 4. The Kier molecular flexibility index (Phi) is 5.08. The summed E-state index contributed by atoms with van der Waals surface area (Å²) in [5.41, 5.74) is 0.768. The maximum absolute atomic E-state index is 12.9. The Hall–Kier alpha value is -2.14. The SMILES string of the molecule is OC(CCCN1C=CC(c2ncco2)CC1)c1ccc(F)cc1. The van der Waals surface area contributed by atoms with E-state index in [1.807, 2.05) is 0 Å². The Bertz CT molecular complexity index is 625. The molecule has 0 spiro atoms. The number of allylic oxidation sites excluding steroid dienone is 1. The third-order valence-corrected chi connectivity index (χ3v) is 4.20. The number of oxazole rings is 1. The number of nitrogens with zero attached hydrogens (tertiary/aromatic N) is 2. The second-order valence-electron chi connectivity index (χ2n) is 5.85. The van der Waals surface area contributed by atoms with Gasteiger partial charge in [0.15, 0.2) is 0 Å². The van der Waals surface area contributed by atoms with Gasteiger partial charge in [-0.05, 0) is 43.2 Å². The van der Waals surface area contributed by atoms with Crippen molar-refractivity contribution >= 4 is 0 Å². The van der Waals surface area contributed by atoms with E-state index < -0.39 is 6.10 Å². The highest BCUT2D eigenvalue weighted by Crippen LogP contribution is 2.24. The first-order valence-electron chi connectivity index (χ1n) is 7.97. The van der Waals surface area contributed by atoms with Gasteiger partial charge in [0.1, 0.15) is 12.1 Å². The van der Waals surface area contributed by atoms with Gasteiger partial charge in [0.25, 0.3) is 0 Å². The number of aliphatic hydroxyl groups excluding tert-OH is 1. The van der Waals surface area contributed by atoms with Crippen molar-refractivity contribution in [3.63, 3.8) is 0 Å². The van der Waals surface area contributed by atoms with E-state index in [1.165, 1.54) is 12.1 Å². The van der Waals surface area contributed by atoms with Crippen LogP contribution in [0.15, 0.2) is 53.4 Å². The molecule has 23 heavy (non-hydrogen) atoms. The second kappa shape index (κ2) is 7.42. The topological polar surface area (TPSA) is 49.5 Å². The van der Waals surface area contributed by atoms with Gasteiger partial charge in [0.05, 0.1) is 18.2 Å². The molecule has 2 unspecified atom stereocenters. The third kappa shape index (κ3) is 4.20. The smallest absolute Gasteiger partial charge is 0.200 e. The van der Waals surface area contributed by atoms with E-state index in [0.717, 1.165) is 37.4 Å². The molecular formula is C18H21FN2O2. The highest BCUT2D eigenvalue weighted by molar-refractivity contribution is 5.18. The Morgan fingerprint density at radius 3 is 2.83 bits per heavy atom. The number of aliphatic hydroxyl groups is 1. The van der Waals surface area contributed by atoms with Gasteiger partial charge < -0.3 is 14.4 Å². The van der Waals surface area contributed by atoms with Crippen molar-refractivity contribution in [2.24, 2.45) is 0 Å². The van der Waals surface area contributed by atoms with E-state index >= 15 is 0 Å². The third-order valence-electron chi connectivity index (χ3n) is 4.20. The Morgan fingerprint density at radius 1 is 1.35 bits per heavy atom. The van der Waals surface area contributed by atoms with Gasteiger partial charge >= 0.3 is 0 Å². The summed E-state index contributed by atoms with van der Waals surface area (Å²) in [5, 5.41) is 10.1. The van der Waals surface area contributed by atoms with E-state index in [0.29, 0.717) is 6.42 Å². The highest BCUT2D eigenvalue weighted by Gasteiger charge is 2.18. The lowest BCUT2D eigenvalue weighted by Crippen LogP contribution is -2.25. The van der Waals surface area contributed by atoms with Crippen LogP contribution in [0.25, 0.3) is 0 Å². The molecule has 0 saturated heterocycles. The van der Waals surface area contributed by atoms with E-state index in [-0.39, 0.29) is 11.7 Å². The van der Waals surface area contributed by atoms with Crippen molar-refractivity contribution in [1.82, 2.24) is 9.88 Å². The lowest BCUT2D eigenvalue weighted by Gasteiger charge is -2.27. The molecule has 0 saturated carbocycles. The van der Waals surface area contributed by atoms with Crippen molar-refractivity contribution in [3.05, 3.63) is 66.3 Å². The molecule has 0 amide bonds. The van der Waals surface area contributed by atoms with E-state index in [1.54, 1.807) is 24.6 Å². The van der Waals surface area contributed by atoms with Crippen LogP contribution in [0.4, 0.5) is 4.39 Å². The fourth-order valence-electron chi connectivity index (χ4n) is 2.85. The van der Waals surface area contributed by atoms with Crippen molar-refractivity contribution in [1.29, 1.82) is 0 Å². The van der Waals surface area contributed by atoms with Gasteiger partial charge in [-0.15, -0.1) is 0 Å². The summed E-state index contributed by atoms with van der Waals surface area (Å²) >= 11 is 0. The summed E-state index contributed by atoms with van der Waals surface area (Å²) in [7, 11) is 0. The minimum Gasteiger partial charge on any atom is -0.448 e. The first-order valence-corrected chi connectivity index (χ1v) is 7.97. The van der Waals surface area contributed by atoms with Crippen LogP contribution in [-0.4, -0.2) is 28.1 Å². The van der Waals surface area contributed by atoms with Gasteiger partial charge in [0, 0.05) is 13.1 Å². The molecule has 1 aliphatic rings. The molecule has 2 heterocycles. The fraction of sp³-hybridized carbons (Fsp3) is 0.389. The average molecular weight is 316 g/mol. The van der Waals surface area contributed by atoms with Crippen molar-refractivity contribution in [2.45, 2.75) is 31.3 Å². The highest BCUT2D eigenvalue weighted by atomic mass is 19.1. The standard InChI is InChI=1S/C18H21FN2O2/c19-16-5-3-14(4-6-16)17(22)2-1-10-21-11-7-15(8-12-21)18-20-9-13-23-18/h3-7,9,11,13,15,17,22H,1-2,8,10,12H2. The van der Waals surface area contributed by atoms with Gasteiger partial charge in [-0.25, -0.2) is 9.37 Å². The van der Waals surface area contributed by atoms with E-state index in [4.69, 9.17) is 4.42 Å². The summed E-state index contributed by atoms with van der Waals surface area (Å²) in [4.78, 5) is 6.44. The number of aromatic nitrogens is 1. The Labute approximate surface area is 135 Å². The summed E-state index contributed by atoms with van der Waals surface area (Å²) in [6.45, 7) is 1.85. The zero-order valence-corrected chi connectivity index (χ0v) is 12.9. The summed E-state index contributed by atoms with van der Waals surface area (Å²) in [6, 6.07) is 6.05. The fourth-order valence-corrected chi connectivity index (χ4v) is 2.85. The largest absolute Gasteiger partial charge is 0.448 e. The van der Waals surface area contributed by atoms with Crippen LogP contribution in [0, 0.1) is 5.82 Å². The van der Waals surface area contributed by atoms with Crippen molar-refractivity contribution < 1.29 is 13.9 Å². The lowest BCUT2D eigenvalue weighted by atomic mass is 10.0. The molecule has 2 atom stereocenters. The lowest BCUT2D eigenvalue weighted by molar-refractivity contribution is 0.159. The van der Waals surface area contributed by atoms with Crippen molar-refractivity contribution in [2.75, 3.05) is 13.1 Å². The molecule has 5 heteroatoms. The molecule has 1 aliphatic heterocycles. The Balaban J connectivity index is 1.43. The molecule has 1 aromatic carbocycles. The first kappa shape index (κ1) is 15.7. The number of benzene rings is 1. The van der Waals surface area contributed by atoms with Crippen LogP contribution in [0.3, 0.4) is 0 Å². The molecule has 0 bridgehead atoms. The Morgan fingerprint density at radius 2 is 2.17 bits per heavy atom. The second-order valence-corrected chi connectivity index (χ2v) is 5.85. The molecule has 0 fully saturated rings. The van der Waals surface area contributed by atoms with Crippen LogP contribution in [0.1, 0.15) is 42.7 Å². The molecule has 0 aliphatic carbocycles. The molecule has 3 rings (SSSR count). The minimum absolute atomic E-state index is 0.256. The van der Waals surface area contributed by atoms with Gasteiger partial charge in [-0.2, -0.15) is 0 Å². The summed E-state index contributed by atoms with van der Waals surface area (Å²) in [6.07, 6.45) is 9.47. The molecule has 1 N–H and O–H groups in total. The van der Waals surface area contributed by atoms with Crippen LogP contribution in [0.2, 0.25) is 0 Å². The molecule has 4 nitrogen and oxygen atoms in total. The van der Waals surface area contributed by atoms with Crippen LogP contribution in [-0.2, 0) is 0 Å². The first-order chi connectivity index (χ1) is 11.2. The zero-order chi connectivity index (χ0) is 16.1. The van der Waals surface area contributed by atoms with E-state index in [2.05, 4.69) is 22.2 Å². The zero-order valence-electron chi connectivity index (χ0n) is 12.9. The van der Waals surface area contributed by atoms with Crippen LogP contribution in [0.5, 0.6) is 0 Å². The number of hydrogen-bond donors (Lipinski definition) is 1. The maximum Gasteiger partial charge on any atom is 0.200 e. The quantitative estimate of drug-likeness (QED) is 0.884. The van der Waals surface area contributed by atoms with Gasteiger partial charge in [-0.1, -0.05) is 18.2 Å². The normalized spacial score (nSPS) is 19.0.